The molecule has 1 aromatic rings. The van der Waals surface area contributed by atoms with Crippen molar-refractivity contribution < 1.29 is 9.53 Å². The van der Waals surface area contributed by atoms with Gasteiger partial charge in [0.15, 0.2) is 0 Å². The fourth-order valence-electron chi connectivity index (χ4n) is 2.60. The zero-order valence-corrected chi connectivity index (χ0v) is 13.4. The summed E-state index contributed by atoms with van der Waals surface area (Å²) in [5.74, 6) is 1.17. The molecule has 0 amide bonds. The lowest BCUT2D eigenvalue weighted by Crippen LogP contribution is -2.28. The van der Waals surface area contributed by atoms with Crippen LogP contribution in [0.15, 0.2) is 18.2 Å². The van der Waals surface area contributed by atoms with Crippen LogP contribution in [-0.2, 0) is 4.79 Å². The number of methoxy groups -OCH3 is 1. The number of carbonyl (C=O) groups is 1. The molecule has 1 unspecified atom stereocenters. The highest BCUT2D eigenvalue weighted by Gasteiger charge is 2.16. The average molecular weight is 277 g/mol. The van der Waals surface area contributed by atoms with E-state index in [4.69, 9.17) is 4.74 Å². The van der Waals surface area contributed by atoms with E-state index in [0.29, 0.717) is 12.5 Å². The summed E-state index contributed by atoms with van der Waals surface area (Å²) in [5.41, 5.74) is 2.58. The molecule has 20 heavy (non-hydrogen) atoms. The first-order valence-electron chi connectivity index (χ1n) is 7.37. The summed E-state index contributed by atoms with van der Waals surface area (Å²) in [5, 5.41) is 0. The van der Waals surface area contributed by atoms with E-state index in [1.807, 2.05) is 6.07 Å². The maximum Gasteiger partial charge on any atom is 0.129 e. The van der Waals surface area contributed by atoms with Crippen molar-refractivity contribution in [1.29, 1.82) is 0 Å². The molecule has 0 radical (unpaired) electrons. The fraction of sp³-hybridized carbons (Fsp3) is 0.588. The van der Waals surface area contributed by atoms with Gasteiger partial charge >= 0.3 is 0 Å². The maximum absolute atomic E-state index is 11.0. The Morgan fingerprint density at radius 1 is 1.40 bits per heavy atom. The van der Waals surface area contributed by atoms with Crippen LogP contribution in [0, 0.1) is 6.92 Å². The lowest BCUT2D eigenvalue weighted by Gasteiger charge is -2.29. The van der Waals surface area contributed by atoms with Crippen molar-refractivity contribution in [2.24, 2.45) is 0 Å². The Balaban J connectivity index is 2.74. The molecule has 0 aliphatic carbocycles. The molecule has 0 aromatic heterocycles. The Kier molecular flexibility index (Phi) is 6.73. The average Bonchev–Trinajstić information content (AvgIpc) is 2.42. The molecule has 0 heterocycles. The summed E-state index contributed by atoms with van der Waals surface area (Å²) in [6.07, 6.45) is 1.60. The van der Waals surface area contributed by atoms with E-state index in [-0.39, 0.29) is 5.78 Å². The van der Waals surface area contributed by atoms with E-state index < -0.39 is 0 Å². The first-order chi connectivity index (χ1) is 9.49. The van der Waals surface area contributed by atoms with Crippen molar-refractivity contribution in [1.82, 2.24) is 4.90 Å². The lowest BCUT2D eigenvalue weighted by atomic mass is 10.0. The number of aryl methyl sites for hydroxylation is 1. The molecule has 0 saturated heterocycles. The SMILES string of the molecule is CCN(CCCC(C)=O)C(C)c1ccc(OC)cc1C. The summed E-state index contributed by atoms with van der Waals surface area (Å²) >= 11 is 0. The minimum atomic E-state index is 0.273. The Morgan fingerprint density at radius 3 is 2.60 bits per heavy atom. The highest BCUT2D eigenvalue weighted by Crippen LogP contribution is 2.26. The topological polar surface area (TPSA) is 29.5 Å². The standard InChI is InChI=1S/C17H27NO2/c1-6-18(11-7-8-14(3)19)15(4)17-10-9-16(20-5)12-13(17)2/h9-10,12,15H,6-8,11H2,1-5H3. The van der Waals surface area contributed by atoms with E-state index in [0.717, 1.165) is 25.3 Å². The minimum absolute atomic E-state index is 0.273. The largest absolute Gasteiger partial charge is 0.497 e. The second kappa shape index (κ2) is 8.05. The Hall–Kier alpha value is -1.35. The summed E-state index contributed by atoms with van der Waals surface area (Å²) < 4.78 is 5.26. The number of hydrogen-bond acceptors (Lipinski definition) is 3. The van der Waals surface area contributed by atoms with Gasteiger partial charge in [-0.2, -0.15) is 0 Å². The van der Waals surface area contributed by atoms with Gasteiger partial charge in [0.05, 0.1) is 7.11 Å². The lowest BCUT2D eigenvalue weighted by molar-refractivity contribution is -0.117. The van der Waals surface area contributed by atoms with Crippen molar-refractivity contribution in [2.75, 3.05) is 20.2 Å². The predicted molar refractivity (Wildman–Crippen MR) is 83.3 cm³/mol. The highest BCUT2D eigenvalue weighted by atomic mass is 16.5. The molecule has 3 nitrogen and oxygen atoms in total. The third-order valence-electron chi connectivity index (χ3n) is 3.86. The van der Waals surface area contributed by atoms with E-state index in [9.17, 15) is 4.79 Å². The predicted octanol–water partition coefficient (Wildman–Crippen LogP) is 3.76. The number of nitrogens with zero attached hydrogens (tertiary/aromatic N) is 1. The van der Waals surface area contributed by atoms with Crippen LogP contribution in [0.5, 0.6) is 5.75 Å². The quantitative estimate of drug-likeness (QED) is 0.724. The van der Waals surface area contributed by atoms with Crippen LogP contribution in [0.25, 0.3) is 0 Å². The van der Waals surface area contributed by atoms with Crippen molar-refractivity contribution in [3.05, 3.63) is 29.3 Å². The number of rotatable bonds is 8. The van der Waals surface area contributed by atoms with Crippen LogP contribution in [0.4, 0.5) is 0 Å². The van der Waals surface area contributed by atoms with Crippen molar-refractivity contribution in [3.63, 3.8) is 0 Å². The first-order valence-corrected chi connectivity index (χ1v) is 7.37. The molecule has 0 aliphatic heterocycles. The number of benzene rings is 1. The summed E-state index contributed by atoms with van der Waals surface area (Å²) in [4.78, 5) is 13.5. The van der Waals surface area contributed by atoms with Crippen molar-refractivity contribution >= 4 is 5.78 Å². The molecular formula is C17H27NO2. The third kappa shape index (κ3) is 4.64. The first kappa shape index (κ1) is 16.7. The third-order valence-corrected chi connectivity index (χ3v) is 3.86. The van der Waals surface area contributed by atoms with Crippen LogP contribution >= 0.6 is 0 Å². The van der Waals surface area contributed by atoms with Crippen LogP contribution in [0.3, 0.4) is 0 Å². The van der Waals surface area contributed by atoms with Gasteiger partial charge in [-0.1, -0.05) is 13.0 Å². The van der Waals surface area contributed by atoms with Gasteiger partial charge in [0.25, 0.3) is 0 Å². The molecule has 0 aliphatic rings. The van der Waals surface area contributed by atoms with Gasteiger partial charge in [-0.3, -0.25) is 4.90 Å². The Morgan fingerprint density at radius 2 is 2.10 bits per heavy atom. The molecule has 112 valence electrons. The number of hydrogen-bond donors (Lipinski definition) is 0. The monoisotopic (exact) mass is 277 g/mol. The zero-order chi connectivity index (χ0) is 15.1. The van der Waals surface area contributed by atoms with Crippen LogP contribution in [0.1, 0.15) is 50.8 Å². The van der Waals surface area contributed by atoms with Crippen molar-refractivity contribution in [2.45, 2.75) is 46.6 Å². The Labute approximate surface area is 122 Å². The zero-order valence-electron chi connectivity index (χ0n) is 13.4. The molecule has 0 spiro atoms. The number of ketones is 1. The summed E-state index contributed by atoms with van der Waals surface area (Å²) in [6, 6.07) is 6.60. The van der Waals surface area contributed by atoms with Crippen LogP contribution in [0.2, 0.25) is 0 Å². The maximum atomic E-state index is 11.0. The second-order valence-electron chi connectivity index (χ2n) is 5.33. The van der Waals surface area contributed by atoms with E-state index in [1.54, 1.807) is 14.0 Å². The molecule has 0 N–H and O–H groups in total. The Bertz CT molecular complexity index is 443. The number of Topliss-reactive ketones (excluding diaryl/α,β-unsaturated/α-hetero) is 1. The van der Waals surface area contributed by atoms with Gasteiger partial charge < -0.3 is 9.53 Å². The van der Waals surface area contributed by atoms with Crippen molar-refractivity contribution in [3.8, 4) is 5.75 Å². The molecule has 0 saturated carbocycles. The van der Waals surface area contributed by atoms with Gasteiger partial charge in [0.2, 0.25) is 0 Å². The molecule has 0 fully saturated rings. The number of ether oxygens (including phenoxy) is 1. The van der Waals surface area contributed by atoms with Crippen LogP contribution in [-0.4, -0.2) is 30.9 Å². The van der Waals surface area contributed by atoms with Gasteiger partial charge in [-0.05, 0) is 63.5 Å². The normalized spacial score (nSPS) is 12.5. The second-order valence-corrected chi connectivity index (χ2v) is 5.33. The van der Waals surface area contributed by atoms with E-state index in [1.165, 1.54) is 11.1 Å². The molecule has 1 aromatic carbocycles. The van der Waals surface area contributed by atoms with Gasteiger partial charge in [0.1, 0.15) is 11.5 Å². The fourth-order valence-corrected chi connectivity index (χ4v) is 2.60. The van der Waals surface area contributed by atoms with Gasteiger partial charge in [-0.15, -0.1) is 0 Å². The van der Waals surface area contributed by atoms with E-state index in [2.05, 4.69) is 37.8 Å². The van der Waals surface area contributed by atoms with E-state index >= 15 is 0 Å². The molecular weight excluding hydrogens is 250 g/mol. The van der Waals surface area contributed by atoms with Gasteiger partial charge in [-0.25, -0.2) is 0 Å². The van der Waals surface area contributed by atoms with Crippen LogP contribution < -0.4 is 4.74 Å². The molecule has 1 atom stereocenters. The highest BCUT2D eigenvalue weighted by molar-refractivity contribution is 5.75. The molecule has 3 heteroatoms. The summed E-state index contributed by atoms with van der Waals surface area (Å²) in [6.45, 7) is 10.1. The smallest absolute Gasteiger partial charge is 0.129 e. The molecule has 1 rings (SSSR count). The minimum Gasteiger partial charge on any atom is -0.497 e. The van der Waals surface area contributed by atoms with Gasteiger partial charge in [0, 0.05) is 12.5 Å². The number of carbonyl (C=O) groups excluding carboxylic acids is 1. The summed E-state index contributed by atoms with van der Waals surface area (Å²) in [7, 11) is 1.69. The molecule has 0 bridgehead atoms.